The Bertz CT molecular complexity index is 1150. The Labute approximate surface area is 155 Å². The number of hydrogen-bond acceptors (Lipinski definition) is 6. The van der Waals surface area contributed by atoms with Crippen LogP contribution in [0.3, 0.4) is 0 Å². The number of hydrogen-bond donors (Lipinski definition) is 0. The monoisotopic (exact) mass is 362 g/mol. The van der Waals surface area contributed by atoms with Crippen molar-refractivity contribution >= 4 is 11.0 Å². The Kier molecular flexibility index (Phi) is 4.42. The van der Waals surface area contributed by atoms with E-state index in [1.807, 2.05) is 24.3 Å². The van der Waals surface area contributed by atoms with Gasteiger partial charge < -0.3 is 9.15 Å². The fourth-order valence-corrected chi connectivity index (χ4v) is 2.94. The summed E-state index contributed by atoms with van der Waals surface area (Å²) in [6.07, 6.45) is 0.981. The summed E-state index contributed by atoms with van der Waals surface area (Å²) >= 11 is 0. The van der Waals surface area contributed by atoms with E-state index in [0.717, 1.165) is 22.9 Å². The lowest BCUT2D eigenvalue weighted by molar-refractivity contribution is 0.414. The lowest BCUT2D eigenvalue weighted by atomic mass is 10.1. The molecule has 0 spiro atoms. The molecule has 0 aliphatic carbocycles. The van der Waals surface area contributed by atoms with Gasteiger partial charge in [-0.3, -0.25) is 0 Å². The zero-order valence-electron chi connectivity index (χ0n) is 15.0. The van der Waals surface area contributed by atoms with Crippen molar-refractivity contribution in [2.75, 3.05) is 7.11 Å². The molecule has 0 saturated carbocycles. The third-order valence-corrected chi connectivity index (χ3v) is 4.42. The van der Waals surface area contributed by atoms with Gasteiger partial charge in [-0.05, 0) is 34.9 Å². The predicted octanol–water partition coefficient (Wildman–Crippen LogP) is 3.07. The Hall–Kier alpha value is -3.48. The molecule has 0 N–H and O–H groups in total. The minimum absolute atomic E-state index is 0.314. The van der Waals surface area contributed by atoms with E-state index in [9.17, 15) is 4.79 Å². The van der Waals surface area contributed by atoms with Crippen molar-refractivity contribution in [1.82, 2.24) is 20.2 Å². The number of benzene rings is 2. The van der Waals surface area contributed by atoms with E-state index in [1.54, 1.807) is 13.2 Å². The van der Waals surface area contributed by atoms with Crippen molar-refractivity contribution < 1.29 is 9.15 Å². The molecule has 2 aromatic carbocycles. The number of fused-ring (bicyclic) bond motifs is 1. The van der Waals surface area contributed by atoms with Crippen molar-refractivity contribution in [3.05, 3.63) is 70.1 Å². The maximum absolute atomic E-state index is 11.9. The molecule has 136 valence electrons. The molecule has 0 bridgehead atoms. The molecular weight excluding hydrogens is 344 g/mol. The number of rotatable bonds is 5. The zero-order chi connectivity index (χ0) is 18.8. The van der Waals surface area contributed by atoms with Crippen LogP contribution in [0.2, 0.25) is 0 Å². The Morgan fingerprint density at radius 3 is 2.67 bits per heavy atom. The number of nitrogens with zero attached hydrogens (tertiary/aromatic N) is 4. The minimum atomic E-state index is -0.429. The maximum Gasteiger partial charge on any atom is 0.336 e. The van der Waals surface area contributed by atoms with Gasteiger partial charge in [0.2, 0.25) is 5.82 Å². The highest BCUT2D eigenvalue weighted by Crippen LogP contribution is 2.23. The van der Waals surface area contributed by atoms with E-state index in [2.05, 4.69) is 34.5 Å². The van der Waals surface area contributed by atoms with Crippen LogP contribution >= 0.6 is 0 Å². The van der Waals surface area contributed by atoms with Crippen molar-refractivity contribution in [3.8, 4) is 17.1 Å². The molecule has 0 aliphatic heterocycles. The highest BCUT2D eigenvalue weighted by Gasteiger charge is 2.11. The fourth-order valence-electron chi connectivity index (χ4n) is 2.94. The van der Waals surface area contributed by atoms with E-state index in [-0.39, 0.29) is 0 Å². The van der Waals surface area contributed by atoms with Gasteiger partial charge in [-0.1, -0.05) is 31.2 Å². The molecule has 2 heterocycles. The van der Waals surface area contributed by atoms with Crippen LogP contribution < -0.4 is 10.4 Å². The third-order valence-electron chi connectivity index (χ3n) is 4.42. The second kappa shape index (κ2) is 7.03. The van der Waals surface area contributed by atoms with Crippen LogP contribution in [0.1, 0.15) is 18.1 Å². The molecule has 7 nitrogen and oxygen atoms in total. The van der Waals surface area contributed by atoms with E-state index in [1.165, 1.54) is 16.4 Å². The van der Waals surface area contributed by atoms with Crippen LogP contribution in [0.15, 0.2) is 57.7 Å². The topological polar surface area (TPSA) is 83.0 Å². The first-order chi connectivity index (χ1) is 13.2. The normalized spacial score (nSPS) is 11.0. The number of ether oxygens (including phenoxy) is 1. The van der Waals surface area contributed by atoms with Gasteiger partial charge >= 0.3 is 5.63 Å². The smallest absolute Gasteiger partial charge is 0.336 e. The molecule has 4 aromatic rings. The highest BCUT2D eigenvalue weighted by atomic mass is 16.5. The molecular formula is C20H18N4O3. The average molecular weight is 362 g/mol. The maximum atomic E-state index is 11.9. The number of aryl methyl sites for hydroxylation is 1. The van der Waals surface area contributed by atoms with Crippen molar-refractivity contribution in [2.45, 2.75) is 19.9 Å². The van der Waals surface area contributed by atoms with E-state index in [4.69, 9.17) is 9.15 Å². The van der Waals surface area contributed by atoms with Crippen LogP contribution in [0.4, 0.5) is 0 Å². The fraction of sp³-hybridized carbons (Fsp3) is 0.200. The molecule has 0 unspecified atom stereocenters. The van der Waals surface area contributed by atoms with Gasteiger partial charge in [-0.15, -0.1) is 10.2 Å². The molecule has 4 rings (SSSR count). The standard InChI is InChI=1S/C20H18N4O3/c1-3-13-4-6-14(7-5-13)20-21-23-24(22-20)12-15-10-19(25)27-18-11-16(26-2)8-9-17(15)18/h4-11H,3,12H2,1-2H3. The summed E-state index contributed by atoms with van der Waals surface area (Å²) in [4.78, 5) is 13.4. The van der Waals surface area contributed by atoms with E-state index < -0.39 is 5.63 Å². The van der Waals surface area contributed by atoms with Gasteiger partial charge in [-0.2, -0.15) is 4.80 Å². The van der Waals surface area contributed by atoms with Gasteiger partial charge in [0.25, 0.3) is 0 Å². The van der Waals surface area contributed by atoms with Crippen molar-refractivity contribution in [3.63, 3.8) is 0 Å². The van der Waals surface area contributed by atoms with Crippen LogP contribution in [0.5, 0.6) is 5.75 Å². The summed E-state index contributed by atoms with van der Waals surface area (Å²) in [5.74, 6) is 1.17. The molecule has 0 aliphatic rings. The SMILES string of the molecule is CCc1ccc(-c2nnn(Cc3cc(=O)oc4cc(OC)ccc34)n2)cc1. The van der Waals surface area contributed by atoms with Crippen LogP contribution in [0, 0.1) is 0 Å². The predicted molar refractivity (Wildman–Crippen MR) is 101 cm³/mol. The van der Waals surface area contributed by atoms with Gasteiger partial charge in [-0.25, -0.2) is 4.79 Å². The molecule has 27 heavy (non-hydrogen) atoms. The van der Waals surface area contributed by atoms with Crippen LogP contribution in [0.25, 0.3) is 22.4 Å². The quantitative estimate of drug-likeness (QED) is 0.508. The summed E-state index contributed by atoms with van der Waals surface area (Å²) in [7, 11) is 1.57. The molecule has 7 heteroatoms. The molecule has 0 atom stereocenters. The summed E-state index contributed by atoms with van der Waals surface area (Å²) in [6, 6.07) is 14.9. The van der Waals surface area contributed by atoms with Crippen LogP contribution in [-0.2, 0) is 13.0 Å². The first-order valence-electron chi connectivity index (χ1n) is 8.64. The number of tetrazole rings is 1. The van der Waals surface area contributed by atoms with Crippen LogP contribution in [-0.4, -0.2) is 27.3 Å². The zero-order valence-corrected chi connectivity index (χ0v) is 15.0. The van der Waals surface area contributed by atoms with E-state index >= 15 is 0 Å². The number of methoxy groups -OCH3 is 1. The second-order valence-electron chi connectivity index (χ2n) is 6.15. The van der Waals surface area contributed by atoms with E-state index in [0.29, 0.717) is 23.7 Å². The van der Waals surface area contributed by atoms with Gasteiger partial charge in [0.15, 0.2) is 0 Å². The Morgan fingerprint density at radius 2 is 1.93 bits per heavy atom. The lowest BCUT2D eigenvalue weighted by Gasteiger charge is -2.06. The second-order valence-corrected chi connectivity index (χ2v) is 6.15. The first kappa shape index (κ1) is 17.0. The van der Waals surface area contributed by atoms with Crippen molar-refractivity contribution in [2.24, 2.45) is 0 Å². The molecule has 2 aromatic heterocycles. The molecule has 0 amide bonds. The lowest BCUT2D eigenvalue weighted by Crippen LogP contribution is -2.08. The summed E-state index contributed by atoms with van der Waals surface area (Å²) in [5.41, 5.74) is 2.95. The van der Waals surface area contributed by atoms with Gasteiger partial charge in [0, 0.05) is 23.1 Å². The Balaban J connectivity index is 1.66. The first-order valence-corrected chi connectivity index (χ1v) is 8.64. The summed E-state index contributed by atoms with van der Waals surface area (Å²) in [6.45, 7) is 2.42. The molecule has 0 fully saturated rings. The van der Waals surface area contributed by atoms with Gasteiger partial charge in [0.1, 0.15) is 11.3 Å². The minimum Gasteiger partial charge on any atom is -0.497 e. The average Bonchev–Trinajstić information content (AvgIpc) is 3.16. The highest BCUT2D eigenvalue weighted by molar-refractivity contribution is 5.81. The molecule has 0 radical (unpaired) electrons. The third kappa shape index (κ3) is 3.44. The molecule has 0 saturated heterocycles. The van der Waals surface area contributed by atoms with Gasteiger partial charge in [0.05, 0.1) is 13.7 Å². The number of aromatic nitrogens is 4. The summed E-state index contributed by atoms with van der Waals surface area (Å²) < 4.78 is 10.5. The largest absolute Gasteiger partial charge is 0.497 e. The van der Waals surface area contributed by atoms with Crippen molar-refractivity contribution in [1.29, 1.82) is 0 Å². The Morgan fingerprint density at radius 1 is 1.11 bits per heavy atom. The summed E-state index contributed by atoms with van der Waals surface area (Å²) in [5, 5.41) is 13.5.